The van der Waals surface area contributed by atoms with Crippen molar-refractivity contribution >= 4 is 29.5 Å². The van der Waals surface area contributed by atoms with Gasteiger partial charge in [-0.1, -0.05) is 11.6 Å². The van der Waals surface area contributed by atoms with Gasteiger partial charge in [-0.25, -0.2) is 0 Å². The lowest BCUT2D eigenvalue weighted by molar-refractivity contribution is -0.125. The van der Waals surface area contributed by atoms with Gasteiger partial charge in [0.15, 0.2) is 11.5 Å². The van der Waals surface area contributed by atoms with E-state index in [1.807, 2.05) is 0 Å². The summed E-state index contributed by atoms with van der Waals surface area (Å²) in [6, 6.07) is 3.41. The van der Waals surface area contributed by atoms with Gasteiger partial charge in [0.25, 0.3) is 0 Å². The van der Waals surface area contributed by atoms with Crippen molar-refractivity contribution < 1.29 is 19.1 Å². The molecule has 7 heteroatoms. The first-order chi connectivity index (χ1) is 11.0. The Kier molecular flexibility index (Phi) is 5.50. The lowest BCUT2D eigenvalue weighted by Crippen LogP contribution is -2.30. The van der Waals surface area contributed by atoms with E-state index in [0.717, 1.165) is 0 Å². The zero-order valence-electron chi connectivity index (χ0n) is 13.0. The van der Waals surface area contributed by atoms with Crippen molar-refractivity contribution in [3.63, 3.8) is 0 Å². The van der Waals surface area contributed by atoms with Crippen LogP contribution in [-0.2, 0) is 9.59 Å². The minimum absolute atomic E-state index is 0.167. The van der Waals surface area contributed by atoms with Crippen molar-refractivity contribution in [2.24, 2.45) is 11.7 Å². The molecule has 1 heterocycles. The maximum atomic E-state index is 12.1. The summed E-state index contributed by atoms with van der Waals surface area (Å²) in [4.78, 5) is 24.9. The number of benzene rings is 1. The molecule has 23 heavy (non-hydrogen) atoms. The molecule has 1 aliphatic heterocycles. The maximum absolute atomic E-state index is 12.1. The summed E-state index contributed by atoms with van der Waals surface area (Å²) in [6.07, 6.45) is 3.70. The van der Waals surface area contributed by atoms with Crippen molar-refractivity contribution in [1.82, 2.24) is 4.90 Å². The molecule has 124 valence electrons. The van der Waals surface area contributed by atoms with E-state index in [0.29, 0.717) is 41.6 Å². The molecular formula is C16H19ClN2O4. The molecule has 0 radical (unpaired) electrons. The van der Waals surface area contributed by atoms with Gasteiger partial charge in [-0.3, -0.25) is 9.59 Å². The van der Waals surface area contributed by atoms with Crippen molar-refractivity contribution in [2.45, 2.75) is 6.42 Å². The molecule has 1 atom stereocenters. The van der Waals surface area contributed by atoms with Gasteiger partial charge in [0, 0.05) is 19.2 Å². The lowest BCUT2D eigenvalue weighted by Gasteiger charge is -2.13. The largest absolute Gasteiger partial charge is 0.493 e. The SMILES string of the molecule is COc1cc(C=CC(=O)N2CCC(C(N)=O)C2)cc(Cl)c1OC. The van der Waals surface area contributed by atoms with Crippen LogP contribution < -0.4 is 15.2 Å². The summed E-state index contributed by atoms with van der Waals surface area (Å²) in [5.74, 6) is 0.141. The molecule has 0 aromatic heterocycles. The third kappa shape index (κ3) is 3.96. The first-order valence-electron chi connectivity index (χ1n) is 7.14. The fraction of sp³-hybridized carbons (Fsp3) is 0.375. The Bertz CT molecular complexity index is 645. The normalized spacial score (nSPS) is 17.5. The van der Waals surface area contributed by atoms with Crippen LogP contribution in [0.3, 0.4) is 0 Å². The average Bonchev–Trinajstić information content (AvgIpc) is 3.02. The molecule has 0 spiro atoms. The molecule has 1 aliphatic rings. The Hall–Kier alpha value is -2.21. The number of halogens is 1. The van der Waals surface area contributed by atoms with E-state index in [4.69, 9.17) is 26.8 Å². The predicted molar refractivity (Wildman–Crippen MR) is 87.5 cm³/mol. The van der Waals surface area contributed by atoms with E-state index in [1.165, 1.54) is 20.3 Å². The highest BCUT2D eigenvalue weighted by Gasteiger charge is 2.28. The first kappa shape index (κ1) is 17.1. The number of carbonyl (C=O) groups is 2. The number of rotatable bonds is 5. The van der Waals surface area contributed by atoms with Crippen LogP contribution in [-0.4, -0.2) is 44.0 Å². The van der Waals surface area contributed by atoms with E-state index in [-0.39, 0.29) is 17.7 Å². The number of primary amides is 1. The number of carbonyl (C=O) groups excluding carboxylic acids is 2. The fourth-order valence-corrected chi connectivity index (χ4v) is 2.80. The summed E-state index contributed by atoms with van der Waals surface area (Å²) in [6.45, 7) is 0.897. The standard InChI is InChI=1S/C16H19ClN2O4/c1-22-13-8-10(7-12(17)15(13)23-2)3-4-14(20)19-6-5-11(9-19)16(18)21/h3-4,7-8,11H,5-6,9H2,1-2H3,(H2,18,21). The van der Waals surface area contributed by atoms with E-state index < -0.39 is 0 Å². The first-order valence-corrected chi connectivity index (χ1v) is 7.52. The van der Waals surface area contributed by atoms with Crippen LogP contribution in [0.15, 0.2) is 18.2 Å². The Labute approximate surface area is 139 Å². The summed E-state index contributed by atoms with van der Waals surface area (Å²) < 4.78 is 10.4. The highest BCUT2D eigenvalue weighted by molar-refractivity contribution is 6.32. The Balaban J connectivity index is 2.10. The quantitative estimate of drug-likeness (QED) is 0.828. The van der Waals surface area contributed by atoms with E-state index >= 15 is 0 Å². The van der Waals surface area contributed by atoms with Gasteiger partial charge in [0.2, 0.25) is 11.8 Å². The van der Waals surface area contributed by atoms with Crippen LogP contribution >= 0.6 is 11.6 Å². The predicted octanol–water partition coefficient (Wildman–Crippen LogP) is 1.70. The number of nitrogens with two attached hydrogens (primary N) is 1. The van der Waals surface area contributed by atoms with E-state index in [9.17, 15) is 9.59 Å². The number of nitrogens with zero attached hydrogens (tertiary/aromatic N) is 1. The number of likely N-dealkylation sites (tertiary alicyclic amines) is 1. The average molecular weight is 339 g/mol. The minimum Gasteiger partial charge on any atom is -0.493 e. The van der Waals surface area contributed by atoms with Crippen molar-refractivity contribution in [1.29, 1.82) is 0 Å². The molecule has 1 aromatic carbocycles. The molecule has 1 fully saturated rings. The highest BCUT2D eigenvalue weighted by atomic mass is 35.5. The van der Waals surface area contributed by atoms with Crippen molar-refractivity contribution in [2.75, 3.05) is 27.3 Å². The molecule has 2 amide bonds. The van der Waals surface area contributed by atoms with Gasteiger partial charge >= 0.3 is 0 Å². The molecule has 1 unspecified atom stereocenters. The molecule has 0 bridgehead atoms. The van der Waals surface area contributed by atoms with Crippen molar-refractivity contribution in [3.8, 4) is 11.5 Å². The molecule has 1 saturated heterocycles. The zero-order valence-corrected chi connectivity index (χ0v) is 13.8. The lowest BCUT2D eigenvalue weighted by atomic mass is 10.1. The minimum atomic E-state index is -0.365. The smallest absolute Gasteiger partial charge is 0.246 e. The van der Waals surface area contributed by atoms with Crippen LogP contribution in [0.4, 0.5) is 0 Å². The van der Waals surface area contributed by atoms with Gasteiger partial charge in [-0.05, 0) is 30.2 Å². The van der Waals surface area contributed by atoms with E-state index in [1.54, 1.807) is 23.1 Å². The third-order valence-corrected chi connectivity index (χ3v) is 4.06. The molecular weight excluding hydrogens is 320 g/mol. The van der Waals surface area contributed by atoms with Crippen LogP contribution in [0.1, 0.15) is 12.0 Å². The summed E-state index contributed by atoms with van der Waals surface area (Å²) in [5, 5.41) is 0.397. The second kappa shape index (κ2) is 7.37. The zero-order chi connectivity index (χ0) is 17.0. The monoisotopic (exact) mass is 338 g/mol. The Morgan fingerprint density at radius 3 is 2.65 bits per heavy atom. The number of methoxy groups -OCH3 is 2. The van der Waals surface area contributed by atoms with Crippen molar-refractivity contribution in [3.05, 3.63) is 28.8 Å². The van der Waals surface area contributed by atoms with Crippen LogP contribution in [0.25, 0.3) is 6.08 Å². The molecule has 2 rings (SSSR count). The molecule has 1 aromatic rings. The summed E-state index contributed by atoms with van der Waals surface area (Å²) in [5.41, 5.74) is 5.98. The highest BCUT2D eigenvalue weighted by Crippen LogP contribution is 2.36. The second-order valence-corrected chi connectivity index (χ2v) is 5.65. The summed E-state index contributed by atoms with van der Waals surface area (Å²) in [7, 11) is 3.02. The molecule has 0 aliphatic carbocycles. The van der Waals surface area contributed by atoms with Crippen LogP contribution in [0, 0.1) is 5.92 Å². The number of ether oxygens (including phenoxy) is 2. The molecule has 2 N–H and O–H groups in total. The fourth-order valence-electron chi connectivity index (χ4n) is 2.50. The Morgan fingerprint density at radius 1 is 1.35 bits per heavy atom. The van der Waals surface area contributed by atoms with Gasteiger partial charge < -0.3 is 20.1 Å². The van der Waals surface area contributed by atoms with Gasteiger partial charge in [0.05, 0.1) is 25.2 Å². The van der Waals surface area contributed by atoms with Gasteiger partial charge in [0.1, 0.15) is 0 Å². The Morgan fingerprint density at radius 2 is 2.09 bits per heavy atom. The second-order valence-electron chi connectivity index (χ2n) is 5.24. The molecule has 0 saturated carbocycles. The van der Waals surface area contributed by atoms with Gasteiger partial charge in [-0.2, -0.15) is 0 Å². The van der Waals surface area contributed by atoms with Crippen LogP contribution in [0.5, 0.6) is 11.5 Å². The topological polar surface area (TPSA) is 81.9 Å². The van der Waals surface area contributed by atoms with Gasteiger partial charge in [-0.15, -0.1) is 0 Å². The van der Waals surface area contributed by atoms with E-state index in [2.05, 4.69) is 0 Å². The van der Waals surface area contributed by atoms with Crippen LogP contribution in [0.2, 0.25) is 5.02 Å². The third-order valence-electron chi connectivity index (χ3n) is 3.78. The number of hydrogen-bond acceptors (Lipinski definition) is 4. The maximum Gasteiger partial charge on any atom is 0.246 e. The number of amides is 2. The molecule has 6 nitrogen and oxygen atoms in total. The summed E-state index contributed by atoms with van der Waals surface area (Å²) >= 11 is 6.12. The number of hydrogen-bond donors (Lipinski definition) is 1.